The van der Waals surface area contributed by atoms with E-state index in [9.17, 15) is 14.7 Å². The summed E-state index contributed by atoms with van der Waals surface area (Å²) < 4.78 is 0.248. The maximum Gasteiger partial charge on any atom is 0.266 e. The predicted molar refractivity (Wildman–Crippen MR) is 85.5 cm³/mol. The van der Waals surface area contributed by atoms with Crippen LogP contribution in [0.25, 0.3) is 6.08 Å². The highest BCUT2D eigenvalue weighted by molar-refractivity contribution is 8.26. The second-order valence-corrected chi connectivity index (χ2v) is 6.63. The molecule has 0 aliphatic carbocycles. The first-order valence-corrected chi connectivity index (χ1v) is 7.55. The van der Waals surface area contributed by atoms with Gasteiger partial charge in [0.25, 0.3) is 5.91 Å². The van der Waals surface area contributed by atoms with Crippen molar-refractivity contribution in [1.82, 2.24) is 4.90 Å². The minimum atomic E-state index is -1.32. The monoisotopic (exact) mass is 320 g/mol. The first kappa shape index (κ1) is 15.7. The normalized spacial score (nSPS) is 16.9. The third kappa shape index (κ3) is 3.33. The van der Waals surface area contributed by atoms with Gasteiger partial charge in [0.1, 0.15) is 4.32 Å². The van der Waals surface area contributed by atoms with Gasteiger partial charge in [-0.1, -0.05) is 41.7 Å². The molecule has 4 nitrogen and oxygen atoms in total. The smallest absolute Gasteiger partial charge is 0.266 e. The molecule has 110 valence electrons. The zero-order valence-electron chi connectivity index (χ0n) is 11.9. The first-order valence-electron chi connectivity index (χ1n) is 6.32. The lowest BCUT2D eigenvalue weighted by Crippen LogP contribution is -2.40. The molecular formula is C15H14NO3S2-. The molecule has 21 heavy (non-hydrogen) atoms. The highest BCUT2D eigenvalue weighted by Crippen LogP contribution is 2.33. The number of hydrogen-bond donors (Lipinski definition) is 0. The number of carbonyl (C=O) groups excluding carboxylic acids is 2. The molecule has 1 aliphatic rings. The van der Waals surface area contributed by atoms with E-state index < -0.39 is 12.5 Å². The molecule has 0 unspecified atom stereocenters. The Hall–Kier alpha value is -1.66. The predicted octanol–water partition coefficient (Wildman–Crippen LogP) is 1.56. The first-order chi connectivity index (χ1) is 9.79. The van der Waals surface area contributed by atoms with Crippen LogP contribution in [0.5, 0.6) is 0 Å². The van der Waals surface area contributed by atoms with E-state index in [-0.39, 0.29) is 10.2 Å². The van der Waals surface area contributed by atoms with Crippen LogP contribution in [0.3, 0.4) is 0 Å². The van der Waals surface area contributed by atoms with Gasteiger partial charge in [-0.05, 0) is 43.5 Å². The summed E-state index contributed by atoms with van der Waals surface area (Å²) in [7, 11) is 0. The molecule has 1 aliphatic heterocycles. The fourth-order valence-electron chi connectivity index (χ4n) is 2.32. The standard InChI is InChI=1S/C15H15NO3S2/c1-8-4-9(2)11(10(3)5-8)6-12-14(19)16(7-13(17)18)15(20)21-12/h4-6H,7H2,1-3H3,(H,17,18)/p-1/b12-6-. The number of aryl methyl sites for hydroxylation is 3. The van der Waals surface area contributed by atoms with Crippen molar-refractivity contribution in [3.63, 3.8) is 0 Å². The van der Waals surface area contributed by atoms with Crippen molar-refractivity contribution in [3.8, 4) is 0 Å². The summed E-state index contributed by atoms with van der Waals surface area (Å²) in [5, 5.41) is 10.7. The molecule has 1 amide bonds. The van der Waals surface area contributed by atoms with Gasteiger partial charge in [0.2, 0.25) is 0 Å². The molecule has 1 heterocycles. The lowest BCUT2D eigenvalue weighted by atomic mass is 9.99. The van der Waals surface area contributed by atoms with Gasteiger partial charge < -0.3 is 9.90 Å². The van der Waals surface area contributed by atoms with Gasteiger partial charge in [-0.3, -0.25) is 9.69 Å². The van der Waals surface area contributed by atoms with Crippen molar-refractivity contribution in [2.75, 3.05) is 6.54 Å². The minimum absolute atomic E-state index is 0.248. The molecule has 0 spiro atoms. The van der Waals surface area contributed by atoms with E-state index in [0.29, 0.717) is 4.91 Å². The van der Waals surface area contributed by atoms with Crippen LogP contribution < -0.4 is 5.11 Å². The number of thiocarbonyl (C=S) groups is 1. The Kier molecular flexibility index (Phi) is 4.49. The van der Waals surface area contributed by atoms with E-state index >= 15 is 0 Å². The Balaban J connectivity index is 2.37. The number of carboxylic acids is 1. The van der Waals surface area contributed by atoms with Crippen LogP contribution in [0.4, 0.5) is 0 Å². The van der Waals surface area contributed by atoms with Gasteiger partial charge in [0.15, 0.2) is 0 Å². The van der Waals surface area contributed by atoms with Crippen molar-refractivity contribution in [3.05, 3.63) is 39.3 Å². The molecule has 2 rings (SSSR count). The average Bonchev–Trinajstić information content (AvgIpc) is 2.61. The lowest BCUT2D eigenvalue weighted by molar-refractivity contribution is -0.305. The van der Waals surface area contributed by atoms with Crippen molar-refractivity contribution in [2.45, 2.75) is 20.8 Å². The van der Waals surface area contributed by atoms with E-state index in [1.807, 2.05) is 32.9 Å². The summed E-state index contributed by atoms with van der Waals surface area (Å²) in [6.07, 6.45) is 1.78. The quantitative estimate of drug-likeness (QED) is 0.625. The van der Waals surface area contributed by atoms with E-state index in [0.717, 1.165) is 38.9 Å². The van der Waals surface area contributed by atoms with E-state index in [2.05, 4.69) is 0 Å². The van der Waals surface area contributed by atoms with Crippen molar-refractivity contribution in [2.24, 2.45) is 0 Å². The highest BCUT2D eigenvalue weighted by Gasteiger charge is 2.32. The number of carboxylic acid groups (broad SMARTS) is 1. The molecule has 0 N–H and O–H groups in total. The van der Waals surface area contributed by atoms with Crippen LogP contribution in [-0.2, 0) is 9.59 Å². The summed E-state index contributed by atoms with van der Waals surface area (Å²) in [6, 6.07) is 4.08. The van der Waals surface area contributed by atoms with Gasteiger partial charge in [0.05, 0.1) is 17.4 Å². The van der Waals surface area contributed by atoms with Crippen LogP contribution in [-0.4, -0.2) is 27.6 Å². The van der Waals surface area contributed by atoms with Crippen LogP contribution in [0.2, 0.25) is 0 Å². The molecular weight excluding hydrogens is 306 g/mol. The number of hydrogen-bond acceptors (Lipinski definition) is 5. The molecule has 0 bridgehead atoms. The van der Waals surface area contributed by atoms with Gasteiger partial charge in [-0.25, -0.2) is 0 Å². The SMILES string of the molecule is Cc1cc(C)c(/C=C2\SC(=S)N(CC(=O)[O-])C2=O)c(C)c1. The number of rotatable bonds is 3. The van der Waals surface area contributed by atoms with Gasteiger partial charge in [0, 0.05) is 0 Å². The summed E-state index contributed by atoms with van der Waals surface area (Å²) in [5.74, 6) is -1.70. The Labute approximate surface area is 132 Å². The van der Waals surface area contributed by atoms with Crippen LogP contribution >= 0.6 is 24.0 Å². The highest BCUT2D eigenvalue weighted by atomic mass is 32.2. The number of nitrogens with zero attached hydrogens (tertiary/aromatic N) is 1. The second kappa shape index (κ2) is 5.99. The number of aliphatic carboxylic acids is 1. The summed E-state index contributed by atoms with van der Waals surface area (Å²) in [4.78, 5) is 24.4. The zero-order chi connectivity index (χ0) is 15.7. The molecule has 1 saturated heterocycles. The minimum Gasteiger partial charge on any atom is -0.548 e. The van der Waals surface area contributed by atoms with E-state index in [4.69, 9.17) is 12.2 Å². The molecule has 1 fully saturated rings. The Morgan fingerprint density at radius 1 is 1.33 bits per heavy atom. The second-order valence-electron chi connectivity index (χ2n) is 4.95. The van der Waals surface area contributed by atoms with Crippen LogP contribution in [0.15, 0.2) is 17.0 Å². The van der Waals surface area contributed by atoms with Crippen molar-refractivity contribution >= 4 is 46.3 Å². The summed E-state index contributed by atoms with van der Waals surface area (Å²) in [6.45, 7) is 5.47. The average molecular weight is 320 g/mol. The molecule has 0 radical (unpaired) electrons. The maximum absolute atomic E-state index is 12.2. The zero-order valence-corrected chi connectivity index (χ0v) is 13.6. The Morgan fingerprint density at radius 2 is 1.90 bits per heavy atom. The maximum atomic E-state index is 12.2. The fraction of sp³-hybridized carbons (Fsp3) is 0.267. The topological polar surface area (TPSA) is 60.4 Å². The van der Waals surface area contributed by atoms with Gasteiger partial charge in [-0.15, -0.1) is 0 Å². The van der Waals surface area contributed by atoms with Crippen LogP contribution in [0.1, 0.15) is 22.3 Å². The van der Waals surface area contributed by atoms with Gasteiger partial charge >= 0.3 is 0 Å². The van der Waals surface area contributed by atoms with Gasteiger partial charge in [-0.2, -0.15) is 0 Å². The van der Waals surface area contributed by atoms with E-state index in [1.54, 1.807) is 6.08 Å². The number of benzene rings is 1. The summed E-state index contributed by atoms with van der Waals surface area (Å²) in [5.41, 5.74) is 4.26. The summed E-state index contributed by atoms with van der Waals surface area (Å²) >= 11 is 6.17. The third-order valence-corrected chi connectivity index (χ3v) is 4.55. The number of thioether (sulfide) groups is 1. The number of amides is 1. The molecule has 6 heteroatoms. The largest absolute Gasteiger partial charge is 0.548 e. The Morgan fingerprint density at radius 3 is 2.43 bits per heavy atom. The molecule has 1 aromatic rings. The number of carbonyl (C=O) groups is 2. The molecule has 0 aromatic heterocycles. The fourth-order valence-corrected chi connectivity index (χ4v) is 3.55. The lowest BCUT2D eigenvalue weighted by Gasteiger charge is -2.14. The molecule has 0 saturated carbocycles. The van der Waals surface area contributed by atoms with E-state index in [1.165, 1.54) is 0 Å². The van der Waals surface area contributed by atoms with Crippen molar-refractivity contribution in [1.29, 1.82) is 0 Å². The molecule has 0 atom stereocenters. The Bertz CT molecular complexity index is 656. The third-order valence-electron chi connectivity index (χ3n) is 3.17. The van der Waals surface area contributed by atoms with Crippen LogP contribution in [0, 0.1) is 20.8 Å². The molecule has 1 aromatic carbocycles. The van der Waals surface area contributed by atoms with Crippen molar-refractivity contribution < 1.29 is 14.7 Å².